The van der Waals surface area contributed by atoms with E-state index in [1.54, 1.807) is 0 Å². The van der Waals surface area contributed by atoms with Crippen molar-refractivity contribution < 1.29 is 0 Å². The molecule has 2 rings (SSSR count). The van der Waals surface area contributed by atoms with Crippen LogP contribution in [0.4, 0.5) is 0 Å². The molecule has 0 radical (unpaired) electrons. The van der Waals surface area contributed by atoms with Gasteiger partial charge in [0.05, 0.1) is 5.01 Å². The lowest BCUT2D eigenvalue weighted by molar-refractivity contribution is 0.252. The van der Waals surface area contributed by atoms with Gasteiger partial charge in [0.25, 0.3) is 0 Å². The maximum Gasteiger partial charge on any atom is 0.0925 e. The van der Waals surface area contributed by atoms with Crippen LogP contribution in [0.5, 0.6) is 0 Å². The molecule has 1 saturated heterocycles. The Morgan fingerprint density at radius 2 is 2.53 bits per heavy atom. The molecule has 15 heavy (non-hydrogen) atoms. The molecule has 0 spiro atoms. The first kappa shape index (κ1) is 11.0. The van der Waals surface area contributed by atoms with Gasteiger partial charge in [-0.1, -0.05) is 6.92 Å². The predicted molar refractivity (Wildman–Crippen MR) is 64.0 cm³/mol. The molecule has 1 aliphatic heterocycles. The molecule has 0 saturated carbocycles. The molecule has 0 amide bonds. The highest BCUT2D eigenvalue weighted by Crippen LogP contribution is 2.22. The quantitative estimate of drug-likeness (QED) is 0.847. The number of aryl methyl sites for hydroxylation is 1. The molecule has 84 valence electrons. The monoisotopic (exact) mass is 225 g/mol. The van der Waals surface area contributed by atoms with E-state index >= 15 is 0 Å². The summed E-state index contributed by atoms with van der Waals surface area (Å²) in [6.07, 6.45) is 5.62. The Morgan fingerprint density at radius 1 is 1.67 bits per heavy atom. The van der Waals surface area contributed by atoms with Crippen molar-refractivity contribution in [1.82, 2.24) is 9.88 Å². The number of thiazole rings is 1. The third kappa shape index (κ3) is 2.56. The van der Waals surface area contributed by atoms with Gasteiger partial charge in [-0.15, -0.1) is 11.3 Å². The Balaban J connectivity index is 1.95. The lowest BCUT2D eigenvalue weighted by atomic mass is 10.2. The standard InChI is InChI=1S/C11H19N3S/c1-2-11-13-7-10(15-11)8-14-5-3-4-9(14)6-12/h7,9H,2-6,8,12H2,1H3. The van der Waals surface area contributed by atoms with Crippen molar-refractivity contribution >= 4 is 11.3 Å². The number of rotatable bonds is 4. The van der Waals surface area contributed by atoms with Gasteiger partial charge in [-0.25, -0.2) is 4.98 Å². The van der Waals surface area contributed by atoms with Crippen LogP contribution in [-0.4, -0.2) is 29.0 Å². The minimum absolute atomic E-state index is 0.595. The van der Waals surface area contributed by atoms with Crippen LogP contribution in [-0.2, 0) is 13.0 Å². The van der Waals surface area contributed by atoms with Crippen LogP contribution in [0.25, 0.3) is 0 Å². The zero-order valence-corrected chi connectivity index (χ0v) is 10.1. The number of hydrogen-bond donors (Lipinski definition) is 1. The third-order valence-corrected chi connectivity index (χ3v) is 4.16. The topological polar surface area (TPSA) is 42.2 Å². The van der Waals surface area contributed by atoms with Crippen LogP contribution < -0.4 is 5.73 Å². The second-order valence-electron chi connectivity index (χ2n) is 4.08. The van der Waals surface area contributed by atoms with Crippen LogP contribution in [0.1, 0.15) is 29.7 Å². The summed E-state index contributed by atoms with van der Waals surface area (Å²) in [5.41, 5.74) is 5.76. The summed E-state index contributed by atoms with van der Waals surface area (Å²) in [7, 11) is 0. The lowest BCUT2D eigenvalue weighted by Gasteiger charge is -2.21. The predicted octanol–water partition coefficient (Wildman–Crippen LogP) is 1.63. The molecule has 4 heteroatoms. The average Bonchev–Trinajstić information content (AvgIpc) is 2.87. The Labute approximate surface area is 95.3 Å². The molecule has 0 aromatic carbocycles. The first-order valence-electron chi connectivity index (χ1n) is 5.71. The Hall–Kier alpha value is -0.450. The fraction of sp³-hybridized carbons (Fsp3) is 0.727. The van der Waals surface area contributed by atoms with E-state index in [4.69, 9.17) is 5.73 Å². The molecule has 1 unspecified atom stereocenters. The molecule has 0 bridgehead atoms. The Bertz CT molecular complexity index is 311. The SMILES string of the molecule is CCc1ncc(CN2CCCC2CN)s1. The van der Waals surface area contributed by atoms with Gasteiger partial charge < -0.3 is 5.73 Å². The second-order valence-corrected chi connectivity index (χ2v) is 5.28. The van der Waals surface area contributed by atoms with Crippen molar-refractivity contribution in [3.63, 3.8) is 0 Å². The Kier molecular flexibility index (Phi) is 3.72. The highest BCUT2D eigenvalue weighted by Gasteiger charge is 2.23. The fourth-order valence-corrected chi connectivity index (χ4v) is 3.04. The Morgan fingerprint density at radius 3 is 3.20 bits per heavy atom. The summed E-state index contributed by atoms with van der Waals surface area (Å²) < 4.78 is 0. The van der Waals surface area contributed by atoms with Gasteiger partial charge in [-0.2, -0.15) is 0 Å². The summed E-state index contributed by atoms with van der Waals surface area (Å²) in [4.78, 5) is 8.26. The van der Waals surface area contributed by atoms with Gasteiger partial charge >= 0.3 is 0 Å². The minimum Gasteiger partial charge on any atom is -0.329 e. The van der Waals surface area contributed by atoms with E-state index in [0.29, 0.717) is 6.04 Å². The molecule has 1 aromatic heterocycles. The first-order valence-corrected chi connectivity index (χ1v) is 6.52. The maximum atomic E-state index is 5.76. The van der Waals surface area contributed by atoms with E-state index < -0.39 is 0 Å². The molecule has 1 aromatic rings. The normalized spacial score (nSPS) is 22.4. The van der Waals surface area contributed by atoms with Crippen molar-refractivity contribution in [2.45, 2.75) is 38.8 Å². The smallest absolute Gasteiger partial charge is 0.0925 e. The van der Waals surface area contributed by atoms with Crippen LogP contribution in [0.3, 0.4) is 0 Å². The average molecular weight is 225 g/mol. The van der Waals surface area contributed by atoms with Crippen LogP contribution >= 0.6 is 11.3 Å². The molecule has 1 fully saturated rings. The molecule has 1 aliphatic rings. The summed E-state index contributed by atoms with van der Waals surface area (Å²) in [5.74, 6) is 0. The van der Waals surface area contributed by atoms with Crippen molar-refractivity contribution in [3.8, 4) is 0 Å². The lowest BCUT2D eigenvalue weighted by Crippen LogP contribution is -2.34. The summed E-state index contributed by atoms with van der Waals surface area (Å²) in [5, 5.41) is 1.24. The van der Waals surface area contributed by atoms with Crippen LogP contribution in [0.2, 0.25) is 0 Å². The maximum absolute atomic E-state index is 5.76. The number of nitrogens with zero attached hydrogens (tertiary/aromatic N) is 2. The number of likely N-dealkylation sites (tertiary alicyclic amines) is 1. The summed E-state index contributed by atoms with van der Waals surface area (Å²) in [6, 6.07) is 0.595. The molecule has 2 heterocycles. The fourth-order valence-electron chi connectivity index (χ4n) is 2.15. The van der Waals surface area contributed by atoms with Crippen LogP contribution in [0.15, 0.2) is 6.20 Å². The third-order valence-electron chi connectivity index (χ3n) is 3.03. The van der Waals surface area contributed by atoms with E-state index in [1.807, 2.05) is 17.5 Å². The molecule has 2 N–H and O–H groups in total. The molecule has 0 aliphatic carbocycles. The zero-order valence-electron chi connectivity index (χ0n) is 9.28. The first-order chi connectivity index (χ1) is 7.33. The van der Waals surface area contributed by atoms with Crippen molar-refractivity contribution in [2.75, 3.05) is 13.1 Å². The largest absolute Gasteiger partial charge is 0.329 e. The van der Waals surface area contributed by atoms with Gasteiger partial charge in [0, 0.05) is 30.2 Å². The van der Waals surface area contributed by atoms with Crippen molar-refractivity contribution in [1.29, 1.82) is 0 Å². The van der Waals surface area contributed by atoms with Gasteiger partial charge in [-0.05, 0) is 25.8 Å². The highest BCUT2D eigenvalue weighted by molar-refractivity contribution is 7.11. The summed E-state index contributed by atoms with van der Waals surface area (Å²) in [6.45, 7) is 5.18. The van der Waals surface area contributed by atoms with E-state index in [-0.39, 0.29) is 0 Å². The minimum atomic E-state index is 0.595. The van der Waals surface area contributed by atoms with Crippen molar-refractivity contribution in [3.05, 3.63) is 16.1 Å². The van der Waals surface area contributed by atoms with E-state index in [9.17, 15) is 0 Å². The van der Waals surface area contributed by atoms with E-state index in [0.717, 1.165) is 19.5 Å². The van der Waals surface area contributed by atoms with Gasteiger partial charge in [0.2, 0.25) is 0 Å². The van der Waals surface area contributed by atoms with Gasteiger partial charge in [0.15, 0.2) is 0 Å². The molecular formula is C11H19N3S. The van der Waals surface area contributed by atoms with E-state index in [2.05, 4.69) is 16.8 Å². The molecular weight excluding hydrogens is 206 g/mol. The highest BCUT2D eigenvalue weighted by atomic mass is 32.1. The number of hydrogen-bond acceptors (Lipinski definition) is 4. The van der Waals surface area contributed by atoms with Gasteiger partial charge in [-0.3, -0.25) is 4.90 Å². The summed E-state index contributed by atoms with van der Waals surface area (Å²) >= 11 is 1.84. The molecule has 3 nitrogen and oxygen atoms in total. The number of aromatic nitrogens is 1. The van der Waals surface area contributed by atoms with Crippen molar-refractivity contribution in [2.24, 2.45) is 5.73 Å². The van der Waals surface area contributed by atoms with Gasteiger partial charge in [0.1, 0.15) is 0 Å². The van der Waals surface area contributed by atoms with E-state index in [1.165, 1.54) is 29.3 Å². The zero-order chi connectivity index (χ0) is 10.7. The van der Waals surface area contributed by atoms with Crippen LogP contribution in [0, 0.1) is 0 Å². The number of nitrogens with two attached hydrogens (primary N) is 1. The second kappa shape index (κ2) is 5.05. The molecule has 1 atom stereocenters.